The quantitative estimate of drug-likeness (QED) is 0.385. The molecule has 2 aromatic carbocycles. The Hall–Kier alpha value is -2.95. The Balaban J connectivity index is 2.17. The third-order valence-corrected chi connectivity index (χ3v) is 4.43. The number of rotatable bonds is 0. The van der Waals surface area contributed by atoms with Gasteiger partial charge in [0.2, 0.25) is 0 Å². The minimum absolute atomic E-state index is 0.0471. The van der Waals surface area contributed by atoms with Gasteiger partial charge in [0, 0.05) is 35.3 Å². The van der Waals surface area contributed by atoms with Gasteiger partial charge in [-0.1, -0.05) is 18.2 Å². The van der Waals surface area contributed by atoms with Gasteiger partial charge in [0.15, 0.2) is 5.78 Å². The van der Waals surface area contributed by atoms with Gasteiger partial charge < -0.3 is 10.7 Å². The summed E-state index contributed by atoms with van der Waals surface area (Å²) in [6.45, 7) is 0.501. The lowest BCUT2D eigenvalue weighted by atomic mass is 9.97. The van der Waals surface area contributed by atoms with Crippen LogP contribution in [0.25, 0.3) is 32.7 Å². The highest BCUT2D eigenvalue weighted by Gasteiger charge is 2.24. The third kappa shape index (κ3) is 1.26. The summed E-state index contributed by atoms with van der Waals surface area (Å²) < 4.78 is 0. The van der Waals surface area contributed by atoms with Crippen LogP contribution in [0.4, 0.5) is 5.69 Å². The number of hydrogen-bond acceptors (Lipinski definition) is 4. The van der Waals surface area contributed by atoms with Gasteiger partial charge in [-0.05, 0) is 6.07 Å². The zero-order chi connectivity index (χ0) is 14.8. The largest absolute Gasteiger partial charge is 0.396 e. The van der Waals surface area contributed by atoms with E-state index in [1.54, 1.807) is 0 Å². The number of ketones is 1. The number of aromatic nitrogens is 2. The lowest BCUT2D eigenvalue weighted by molar-refractivity contribution is 0.0981. The zero-order valence-corrected chi connectivity index (χ0v) is 11.7. The van der Waals surface area contributed by atoms with Crippen molar-refractivity contribution in [1.29, 1.82) is 0 Å². The zero-order valence-electron chi connectivity index (χ0n) is 11.7. The van der Waals surface area contributed by atoms with Crippen molar-refractivity contribution in [2.24, 2.45) is 4.99 Å². The molecule has 5 nitrogen and oxygen atoms in total. The first-order valence-electron chi connectivity index (χ1n) is 7.24. The SMILES string of the molecule is Nc1c2c(c3nc4ccccc4c4c[nH]c1c34)=NCCC2=O. The fourth-order valence-corrected chi connectivity index (χ4v) is 3.44. The molecule has 0 amide bonds. The molecule has 0 bridgehead atoms. The molecule has 5 heteroatoms. The Morgan fingerprint density at radius 3 is 2.95 bits per heavy atom. The number of carbonyl (C=O) groups excluding carboxylic acids is 1. The summed E-state index contributed by atoms with van der Waals surface area (Å²) in [5.74, 6) is 0.0471. The smallest absolute Gasteiger partial charge is 0.169 e. The van der Waals surface area contributed by atoms with E-state index in [0.29, 0.717) is 29.6 Å². The first-order valence-corrected chi connectivity index (χ1v) is 7.24. The van der Waals surface area contributed by atoms with Crippen molar-refractivity contribution in [3.8, 4) is 0 Å². The summed E-state index contributed by atoms with van der Waals surface area (Å²) in [6, 6.07) is 7.98. The van der Waals surface area contributed by atoms with E-state index in [1.807, 2.05) is 30.5 Å². The number of para-hydroxylation sites is 1. The first kappa shape index (κ1) is 11.7. The number of nitrogens with one attached hydrogen (secondary N) is 1. The molecule has 22 heavy (non-hydrogen) atoms. The van der Waals surface area contributed by atoms with E-state index in [4.69, 9.17) is 10.7 Å². The molecule has 1 aliphatic heterocycles. The van der Waals surface area contributed by atoms with E-state index in [0.717, 1.165) is 32.7 Å². The molecule has 3 heterocycles. The molecule has 0 unspecified atom stereocenters. The van der Waals surface area contributed by atoms with Crippen LogP contribution in [0.3, 0.4) is 0 Å². The lowest BCUT2D eigenvalue weighted by Crippen LogP contribution is -2.25. The number of nitrogens with zero attached hydrogens (tertiary/aromatic N) is 2. The number of nitrogen functional groups attached to an aromatic ring is 1. The second-order valence-corrected chi connectivity index (χ2v) is 5.62. The normalized spacial score (nSPS) is 14.6. The van der Waals surface area contributed by atoms with Crippen LogP contribution in [0.2, 0.25) is 0 Å². The number of fused-ring (bicyclic) bond motifs is 4. The maximum Gasteiger partial charge on any atom is 0.169 e. The summed E-state index contributed by atoms with van der Waals surface area (Å²) in [7, 11) is 0. The van der Waals surface area contributed by atoms with E-state index >= 15 is 0 Å². The van der Waals surface area contributed by atoms with Crippen molar-refractivity contribution in [2.75, 3.05) is 12.3 Å². The maximum atomic E-state index is 12.3. The average molecular weight is 288 g/mol. The molecule has 4 aromatic rings. The molecule has 106 valence electrons. The molecule has 2 aromatic heterocycles. The number of Topliss-reactive ketones (excluding diaryl/α,β-unsaturated/α-hetero) is 1. The molecular formula is C17H12N4O. The Bertz CT molecular complexity index is 1160. The summed E-state index contributed by atoms with van der Waals surface area (Å²) in [5, 5.41) is 3.76. The first-order chi connectivity index (χ1) is 10.8. The van der Waals surface area contributed by atoms with Crippen molar-refractivity contribution in [3.05, 3.63) is 41.4 Å². The van der Waals surface area contributed by atoms with Crippen LogP contribution >= 0.6 is 0 Å². The molecule has 0 spiro atoms. The predicted octanol–water partition coefficient (Wildman–Crippen LogP) is 2.38. The number of H-pyrrole nitrogens is 1. The van der Waals surface area contributed by atoms with Crippen LogP contribution in [0, 0.1) is 0 Å². The number of aromatic amines is 1. The molecule has 0 aliphatic carbocycles. The van der Waals surface area contributed by atoms with Crippen LogP contribution in [0.15, 0.2) is 35.5 Å². The van der Waals surface area contributed by atoms with Gasteiger partial charge in [-0.25, -0.2) is 4.98 Å². The van der Waals surface area contributed by atoms with Crippen LogP contribution in [-0.2, 0) is 0 Å². The van der Waals surface area contributed by atoms with Crippen molar-refractivity contribution in [3.63, 3.8) is 0 Å². The average Bonchev–Trinajstić information content (AvgIpc) is 2.98. The van der Waals surface area contributed by atoms with Gasteiger partial charge in [-0.3, -0.25) is 9.79 Å². The number of pyridine rings is 1. The summed E-state index contributed by atoms with van der Waals surface area (Å²) in [5.41, 5.74) is 9.71. The van der Waals surface area contributed by atoms with E-state index < -0.39 is 0 Å². The summed E-state index contributed by atoms with van der Waals surface area (Å²) >= 11 is 0. The highest BCUT2D eigenvalue weighted by molar-refractivity contribution is 6.23. The summed E-state index contributed by atoms with van der Waals surface area (Å²) in [6.07, 6.45) is 2.35. The molecular weight excluding hydrogens is 276 g/mol. The number of anilines is 1. The maximum absolute atomic E-state index is 12.3. The highest BCUT2D eigenvalue weighted by atomic mass is 16.1. The third-order valence-electron chi connectivity index (χ3n) is 4.43. The predicted molar refractivity (Wildman–Crippen MR) is 86.1 cm³/mol. The van der Waals surface area contributed by atoms with Crippen LogP contribution in [0.5, 0.6) is 0 Å². The van der Waals surface area contributed by atoms with Crippen molar-refractivity contribution >= 4 is 44.2 Å². The van der Waals surface area contributed by atoms with E-state index in [9.17, 15) is 4.79 Å². The van der Waals surface area contributed by atoms with Gasteiger partial charge in [0.25, 0.3) is 0 Å². The minimum atomic E-state index is 0.0471. The van der Waals surface area contributed by atoms with Crippen LogP contribution in [0.1, 0.15) is 16.8 Å². The fourth-order valence-electron chi connectivity index (χ4n) is 3.44. The molecule has 0 atom stereocenters. The molecule has 0 fully saturated rings. The Labute approximate surface area is 124 Å². The molecule has 3 N–H and O–H groups in total. The highest BCUT2D eigenvalue weighted by Crippen LogP contribution is 2.34. The molecule has 0 radical (unpaired) electrons. The molecule has 5 rings (SSSR count). The number of hydrogen-bond donors (Lipinski definition) is 2. The van der Waals surface area contributed by atoms with Gasteiger partial charge in [0.05, 0.1) is 33.2 Å². The van der Waals surface area contributed by atoms with Gasteiger partial charge >= 0.3 is 0 Å². The monoisotopic (exact) mass is 288 g/mol. The van der Waals surface area contributed by atoms with E-state index in [2.05, 4.69) is 9.98 Å². The topological polar surface area (TPSA) is 84.1 Å². The fraction of sp³-hybridized carbons (Fsp3) is 0.118. The van der Waals surface area contributed by atoms with E-state index in [-0.39, 0.29) is 5.78 Å². The second kappa shape index (κ2) is 3.82. The second-order valence-electron chi connectivity index (χ2n) is 5.62. The standard InChI is InChI=1S/C17H12N4O/c18-14-13-11(22)5-6-19-16(13)17-12-9(7-20-15(12)14)8-3-1-2-4-10(8)21-17/h1-4,7,20H,5-6,18H2. The lowest BCUT2D eigenvalue weighted by Gasteiger charge is -2.13. The van der Waals surface area contributed by atoms with Gasteiger partial charge in [0.1, 0.15) is 0 Å². The Kier molecular flexibility index (Phi) is 2.03. The number of carbonyl (C=O) groups is 1. The number of nitrogens with two attached hydrogens (primary N) is 1. The Morgan fingerprint density at radius 2 is 2.05 bits per heavy atom. The van der Waals surface area contributed by atoms with Crippen LogP contribution < -0.4 is 11.1 Å². The van der Waals surface area contributed by atoms with Gasteiger partial charge in [-0.15, -0.1) is 0 Å². The number of benzene rings is 2. The van der Waals surface area contributed by atoms with Crippen molar-refractivity contribution in [1.82, 2.24) is 9.97 Å². The minimum Gasteiger partial charge on any atom is -0.396 e. The van der Waals surface area contributed by atoms with E-state index in [1.165, 1.54) is 0 Å². The molecule has 1 aliphatic rings. The van der Waals surface area contributed by atoms with Crippen molar-refractivity contribution in [2.45, 2.75) is 6.42 Å². The molecule has 0 saturated carbocycles. The summed E-state index contributed by atoms with van der Waals surface area (Å²) in [4.78, 5) is 24.8. The molecule has 0 saturated heterocycles. The van der Waals surface area contributed by atoms with Crippen molar-refractivity contribution < 1.29 is 4.79 Å². The Morgan fingerprint density at radius 1 is 1.18 bits per heavy atom. The van der Waals surface area contributed by atoms with Gasteiger partial charge in [-0.2, -0.15) is 0 Å². The van der Waals surface area contributed by atoms with Crippen LogP contribution in [-0.4, -0.2) is 22.3 Å².